The molecule has 1 aliphatic rings. The number of aryl methyl sites for hydroxylation is 1. The third kappa shape index (κ3) is 3.98. The Bertz CT molecular complexity index is 405. The summed E-state index contributed by atoms with van der Waals surface area (Å²) in [6.45, 7) is 5.90. The van der Waals surface area contributed by atoms with Gasteiger partial charge in [-0.2, -0.15) is 0 Å². The number of benzene rings is 1. The van der Waals surface area contributed by atoms with Gasteiger partial charge in [-0.15, -0.1) is 0 Å². The van der Waals surface area contributed by atoms with Crippen molar-refractivity contribution in [2.75, 3.05) is 13.1 Å². The molecule has 0 radical (unpaired) electrons. The predicted octanol–water partition coefficient (Wildman–Crippen LogP) is 4.01. The van der Waals surface area contributed by atoms with Crippen molar-refractivity contribution < 1.29 is 9.53 Å². The monoisotopic (exact) mass is 261 g/mol. The lowest BCUT2D eigenvalue weighted by Gasteiger charge is -2.31. The lowest BCUT2D eigenvalue weighted by molar-refractivity contribution is 0.129. The van der Waals surface area contributed by atoms with Crippen LogP contribution in [0.15, 0.2) is 24.3 Å². The maximum Gasteiger partial charge on any atom is 0.415 e. The van der Waals surface area contributed by atoms with Gasteiger partial charge in [-0.1, -0.05) is 37.5 Å². The highest BCUT2D eigenvalue weighted by Crippen LogP contribution is 2.22. The Balaban J connectivity index is 1.83. The molecule has 0 aromatic heterocycles. The lowest BCUT2D eigenvalue weighted by atomic mass is 9.93. The van der Waals surface area contributed by atoms with E-state index in [4.69, 9.17) is 4.74 Å². The minimum Gasteiger partial charge on any atom is -0.410 e. The van der Waals surface area contributed by atoms with Gasteiger partial charge in [0.15, 0.2) is 0 Å². The van der Waals surface area contributed by atoms with E-state index in [9.17, 15) is 4.79 Å². The molecular weight excluding hydrogens is 238 g/mol. The van der Waals surface area contributed by atoms with Crippen LogP contribution in [0.3, 0.4) is 0 Å². The predicted molar refractivity (Wildman–Crippen MR) is 76.4 cm³/mol. The molecule has 0 N–H and O–H groups in total. The smallest absolute Gasteiger partial charge is 0.410 e. The summed E-state index contributed by atoms with van der Waals surface area (Å²) in [4.78, 5) is 13.8. The number of carbonyl (C=O) groups excluding carboxylic acids is 1. The quantitative estimate of drug-likeness (QED) is 0.823. The summed E-state index contributed by atoms with van der Waals surface area (Å²) in [5, 5.41) is 0. The van der Waals surface area contributed by atoms with Gasteiger partial charge in [-0.3, -0.25) is 0 Å². The second kappa shape index (κ2) is 6.60. The first-order valence-electron chi connectivity index (χ1n) is 7.22. The van der Waals surface area contributed by atoms with Crippen LogP contribution in [0, 0.1) is 12.8 Å². The van der Waals surface area contributed by atoms with Gasteiger partial charge in [0.05, 0.1) is 0 Å². The van der Waals surface area contributed by atoms with E-state index in [1.165, 1.54) is 18.4 Å². The number of nitrogens with zero attached hydrogens (tertiary/aromatic N) is 1. The number of likely N-dealkylation sites (tertiary alicyclic amines) is 1. The maximum absolute atomic E-state index is 12.0. The van der Waals surface area contributed by atoms with Crippen LogP contribution in [-0.2, 0) is 0 Å². The van der Waals surface area contributed by atoms with Gasteiger partial charge >= 0.3 is 6.09 Å². The number of piperidine rings is 1. The normalized spacial score (nSPS) is 16.4. The largest absolute Gasteiger partial charge is 0.415 e. The van der Waals surface area contributed by atoms with Crippen LogP contribution in [0.5, 0.6) is 5.75 Å². The average Bonchev–Trinajstić information content (AvgIpc) is 2.42. The van der Waals surface area contributed by atoms with Gasteiger partial charge in [0.2, 0.25) is 0 Å². The molecule has 104 valence electrons. The van der Waals surface area contributed by atoms with E-state index in [1.807, 2.05) is 36.1 Å². The zero-order valence-corrected chi connectivity index (χ0v) is 11.9. The molecule has 1 aromatic rings. The standard InChI is InChI=1S/C16H23NO2/c1-3-4-14-9-11-17(12-10-14)16(18)19-15-7-5-13(2)6-8-15/h5-8,14H,3-4,9-12H2,1-2H3. The molecular formula is C16H23NO2. The molecule has 0 saturated carbocycles. The minimum absolute atomic E-state index is 0.209. The van der Waals surface area contributed by atoms with Gasteiger partial charge in [0.25, 0.3) is 0 Å². The van der Waals surface area contributed by atoms with Gasteiger partial charge < -0.3 is 9.64 Å². The number of amides is 1. The Morgan fingerprint density at radius 2 is 1.89 bits per heavy atom. The van der Waals surface area contributed by atoms with Crippen molar-refractivity contribution >= 4 is 6.09 Å². The molecule has 2 rings (SSSR count). The van der Waals surface area contributed by atoms with Crippen LogP contribution in [0.1, 0.15) is 38.2 Å². The maximum atomic E-state index is 12.0. The fourth-order valence-electron chi connectivity index (χ4n) is 2.58. The minimum atomic E-state index is -0.209. The lowest BCUT2D eigenvalue weighted by Crippen LogP contribution is -2.40. The van der Waals surface area contributed by atoms with Crippen LogP contribution < -0.4 is 4.74 Å². The first kappa shape index (κ1) is 13.9. The Hall–Kier alpha value is -1.51. The fraction of sp³-hybridized carbons (Fsp3) is 0.562. The Morgan fingerprint density at radius 3 is 2.47 bits per heavy atom. The van der Waals surface area contributed by atoms with E-state index in [0.717, 1.165) is 31.8 Å². The van der Waals surface area contributed by atoms with E-state index < -0.39 is 0 Å². The second-order valence-corrected chi connectivity index (χ2v) is 5.40. The number of ether oxygens (including phenoxy) is 1. The van der Waals surface area contributed by atoms with Gasteiger partial charge in [-0.25, -0.2) is 4.79 Å². The van der Waals surface area contributed by atoms with Crippen molar-refractivity contribution in [2.45, 2.75) is 39.5 Å². The highest BCUT2D eigenvalue weighted by molar-refractivity contribution is 5.70. The van der Waals surface area contributed by atoms with Crippen molar-refractivity contribution in [1.82, 2.24) is 4.90 Å². The van der Waals surface area contributed by atoms with Crippen LogP contribution in [-0.4, -0.2) is 24.1 Å². The highest BCUT2D eigenvalue weighted by Gasteiger charge is 2.23. The van der Waals surface area contributed by atoms with E-state index >= 15 is 0 Å². The molecule has 3 heteroatoms. The molecule has 1 aliphatic heterocycles. The summed E-state index contributed by atoms with van der Waals surface area (Å²) < 4.78 is 5.39. The molecule has 1 saturated heterocycles. The number of rotatable bonds is 3. The van der Waals surface area contributed by atoms with Gasteiger partial charge in [-0.05, 0) is 37.8 Å². The summed E-state index contributed by atoms with van der Waals surface area (Å²) in [5.41, 5.74) is 1.17. The molecule has 0 spiro atoms. The van der Waals surface area contributed by atoms with Crippen LogP contribution in [0.4, 0.5) is 4.79 Å². The zero-order chi connectivity index (χ0) is 13.7. The van der Waals surface area contributed by atoms with E-state index in [2.05, 4.69) is 6.92 Å². The van der Waals surface area contributed by atoms with Gasteiger partial charge in [0.1, 0.15) is 5.75 Å². The van der Waals surface area contributed by atoms with Crippen LogP contribution in [0.2, 0.25) is 0 Å². The molecule has 0 bridgehead atoms. The Morgan fingerprint density at radius 1 is 1.26 bits per heavy atom. The van der Waals surface area contributed by atoms with Crippen molar-refractivity contribution in [3.8, 4) is 5.75 Å². The molecule has 0 unspecified atom stereocenters. The second-order valence-electron chi connectivity index (χ2n) is 5.40. The summed E-state index contributed by atoms with van der Waals surface area (Å²) in [6, 6.07) is 7.60. The molecule has 1 heterocycles. The molecule has 0 atom stereocenters. The summed E-state index contributed by atoms with van der Waals surface area (Å²) in [5.74, 6) is 1.42. The first-order valence-corrected chi connectivity index (χ1v) is 7.22. The SMILES string of the molecule is CCCC1CCN(C(=O)Oc2ccc(C)cc2)CC1. The third-order valence-corrected chi connectivity index (χ3v) is 3.80. The number of carbonyl (C=O) groups is 1. The highest BCUT2D eigenvalue weighted by atomic mass is 16.6. The number of hydrogen-bond donors (Lipinski definition) is 0. The van der Waals surface area contributed by atoms with Crippen molar-refractivity contribution in [1.29, 1.82) is 0 Å². The number of hydrogen-bond acceptors (Lipinski definition) is 2. The van der Waals surface area contributed by atoms with Crippen molar-refractivity contribution in [3.63, 3.8) is 0 Å². The third-order valence-electron chi connectivity index (χ3n) is 3.80. The zero-order valence-electron chi connectivity index (χ0n) is 11.9. The molecule has 0 aliphatic carbocycles. The Labute approximate surface area is 115 Å². The average molecular weight is 261 g/mol. The van der Waals surface area contributed by atoms with Crippen molar-refractivity contribution in [2.24, 2.45) is 5.92 Å². The summed E-state index contributed by atoms with van der Waals surface area (Å²) in [7, 11) is 0. The van der Waals surface area contributed by atoms with E-state index in [-0.39, 0.29) is 6.09 Å². The summed E-state index contributed by atoms with van der Waals surface area (Å²) >= 11 is 0. The molecule has 3 nitrogen and oxygen atoms in total. The topological polar surface area (TPSA) is 29.5 Å². The van der Waals surface area contributed by atoms with E-state index in [0.29, 0.717) is 5.75 Å². The fourth-order valence-corrected chi connectivity index (χ4v) is 2.58. The van der Waals surface area contributed by atoms with Gasteiger partial charge in [0, 0.05) is 13.1 Å². The molecule has 1 aromatic carbocycles. The van der Waals surface area contributed by atoms with Crippen molar-refractivity contribution in [3.05, 3.63) is 29.8 Å². The molecule has 1 fully saturated rings. The Kier molecular flexibility index (Phi) is 4.83. The molecule has 1 amide bonds. The van der Waals surface area contributed by atoms with E-state index in [1.54, 1.807) is 0 Å². The molecule has 19 heavy (non-hydrogen) atoms. The van der Waals surface area contributed by atoms with Crippen LogP contribution >= 0.6 is 0 Å². The summed E-state index contributed by atoms with van der Waals surface area (Å²) in [6.07, 6.45) is 4.52. The van der Waals surface area contributed by atoms with Crippen LogP contribution in [0.25, 0.3) is 0 Å². The first-order chi connectivity index (χ1) is 9.19.